The number of aliphatic hydroxyl groups excluding tert-OH is 1. The number of aliphatic imine (C=N–C) groups is 3. The molecule has 1 fully saturated rings. The Hall–Kier alpha value is -9.16. The topological polar surface area (TPSA) is 623 Å². The summed E-state index contributed by atoms with van der Waals surface area (Å²) < 4.78 is 0. The van der Waals surface area contributed by atoms with Crippen molar-refractivity contribution in [3.05, 3.63) is 0 Å². The van der Waals surface area contributed by atoms with E-state index < -0.39 is 174 Å². The highest BCUT2D eigenvalue weighted by Gasteiger charge is 2.41. The Morgan fingerprint density at radius 2 is 0.833 bits per heavy atom. The smallest absolute Gasteiger partial charge is 0.245 e. The molecular formula is C65H121N23O14. The van der Waals surface area contributed by atoms with Crippen molar-refractivity contribution in [2.45, 2.75) is 240 Å². The molecule has 37 nitrogen and oxygen atoms in total. The molecule has 1 aliphatic heterocycles. The number of rotatable bonds is 47. The number of hydrogen-bond donors (Lipinski definition) is 20. The minimum Gasteiger partial charge on any atom is -0.391 e. The van der Waals surface area contributed by atoms with E-state index in [4.69, 9.17) is 45.9 Å². The zero-order valence-electron chi connectivity index (χ0n) is 61.8. The molecule has 0 aromatic carbocycles. The van der Waals surface area contributed by atoms with Crippen molar-refractivity contribution in [3.63, 3.8) is 0 Å². The van der Waals surface area contributed by atoms with E-state index in [-0.39, 0.29) is 119 Å². The lowest BCUT2D eigenvalue weighted by atomic mass is 9.96. The minimum absolute atomic E-state index is 0.00107. The van der Waals surface area contributed by atoms with Gasteiger partial charge in [0.2, 0.25) is 76.8 Å². The summed E-state index contributed by atoms with van der Waals surface area (Å²) in [5.41, 5.74) is 44.9. The largest absolute Gasteiger partial charge is 0.391 e. The van der Waals surface area contributed by atoms with Gasteiger partial charge in [-0.05, 0) is 107 Å². The number of likely N-dealkylation sites (tertiary alicyclic amines) is 1. The predicted molar refractivity (Wildman–Crippen MR) is 384 cm³/mol. The summed E-state index contributed by atoms with van der Waals surface area (Å²) in [5, 5.41) is 39.4. The maximum atomic E-state index is 14.6. The van der Waals surface area contributed by atoms with Crippen LogP contribution in [0.15, 0.2) is 15.0 Å². The Balaban J connectivity index is 3.47. The van der Waals surface area contributed by atoms with Crippen LogP contribution in [-0.4, -0.2) is 217 Å². The standard InChI is InChI=1S/C65H121N23O14/c1-14-36(11)47(66)58(98)82-41(22-18-26-76-65(72)73)62(102)88-27-19-23-44(88)57(97)78-31-46(91)84-51(38(13)89)61(101)86-49(35(9)10)59(99)83-43(29-33(5)6)55(95)80-40(21-17-25-75-64(70)71)54(94)87-50(37(12)15-2)60(100)81-39(20-16-24-74-63(68)69)53(93)77-30-45(90)79-42(28-32(3)4)56(96)85-48(34(7)8)52(67)92/h32-44,47-51,89H,14-31,66H2,1-13H3,(H2,67,92)(H,77,93)(H,78,97)(H,79,90)(H,80,95)(H,81,100)(H,82,98)(H,83,99)(H,84,91)(H,85,96)(H,86,101)(H,87,94)(H4,68,69,74)(H4,70,71,75)(H4,72,73,76)/t36-,37-,38+,39-,40-,41-,42-,43-,44-,47-,48-,49-,50-,51-/m0/s1. The van der Waals surface area contributed by atoms with E-state index >= 15 is 0 Å². The molecule has 0 aromatic heterocycles. The van der Waals surface area contributed by atoms with Crippen LogP contribution >= 0.6 is 0 Å². The number of nitrogens with two attached hydrogens (primary N) is 8. The number of amides is 13. The van der Waals surface area contributed by atoms with Gasteiger partial charge in [-0.2, -0.15) is 0 Å². The van der Waals surface area contributed by atoms with Gasteiger partial charge in [-0.15, -0.1) is 0 Å². The summed E-state index contributed by atoms with van der Waals surface area (Å²) in [6.07, 6.45) is 0.561. The molecule has 580 valence electrons. The van der Waals surface area contributed by atoms with Gasteiger partial charge >= 0.3 is 0 Å². The van der Waals surface area contributed by atoms with Crippen molar-refractivity contribution in [2.24, 2.45) is 96.4 Å². The van der Waals surface area contributed by atoms with Gasteiger partial charge in [0, 0.05) is 26.2 Å². The normalized spacial score (nSPS) is 16.6. The molecule has 37 heteroatoms. The van der Waals surface area contributed by atoms with Crippen molar-refractivity contribution in [2.75, 3.05) is 39.3 Å². The fourth-order valence-electron chi connectivity index (χ4n) is 10.8. The average molecular weight is 1450 g/mol. The van der Waals surface area contributed by atoms with Gasteiger partial charge in [0.15, 0.2) is 17.9 Å². The number of carbonyl (C=O) groups excluding carboxylic acids is 13. The van der Waals surface area contributed by atoms with Crippen molar-refractivity contribution in [1.82, 2.24) is 63.4 Å². The maximum Gasteiger partial charge on any atom is 0.245 e. The van der Waals surface area contributed by atoms with Gasteiger partial charge in [-0.3, -0.25) is 77.3 Å². The van der Waals surface area contributed by atoms with Crippen LogP contribution in [0.25, 0.3) is 0 Å². The lowest BCUT2D eigenvalue weighted by Gasteiger charge is -2.30. The highest BCUT2D eigenvalue weighted by atomic mass is 16.3. The fraction of sp³-hybridized carbons (Fsp3) is 0.754. The number of carbonyl (C=O) groups is 13. The summed E-state index contributed by atoms with van der Waals surface area (Å²) in [6, 6.07) is -13.8. The lowest BCUT2D eigenvalue weighted by Crippen LogP contribution is -2.62. The van der Waals surface area contributed by atoms with Crippen molar-refractivity contribution in [1.29, 1.82) is 0 Å². The summed E-state index contributed by atoms with van der Waals surface area (Å²) >= 11 is 0. The van der Waals surface area contributed by atoms with Crippen LogP contribution < -0.4 is 104 Å². The van der Waals surface area contributed by atoms with Crippen molar-refractivity contribution >= 4 is 94.7 Å². The molecule has 0 bridgehead atoms. The van der Waals surface area contributed by atoms with Crippen LogP contribution in [0.2, 0.25) is 0 Å². The van der Waals surface area contributed by atoms with Gasteiger partial charge in [0.05, 0.1) is 25.2 Å². The van der Waals surface area contributed by atoms with E-state index in [1.54, 1.807) is 62.3 Å². The van der Waals surface area contributed by atoms with Crippen LogP contribution in [-0.2, 0) is 62.3 Å². The molecule has 0 aliphatic carbocycles. The Kier molecular flexibility index (Phi) is 41.3. The maximum absolute atomic E-state index is 14.6. The molecule has 1 heterocycles. The quantitative estimate of drug-likeness (QED) is 0.0153. The second kappa shape index (κ2) is 46.4. The van der Waals surface area contributed by atoms with E-state index in [1.165, 1.54) is 11.8 Å². The molecule has 102 heavy (non-hydrogen) atoms. The third-order valence-corrected chi connectivity index (χ3v) is 17.1. The van der Waals surface area contributed by atoms with E-state index in [0.29, 0.717) is 25.7 Å². The van der Waals surface area contributed by atoms with E-state index in [9.17, 15) is 67.4 Å². The van der Waals surface area contributed by atoms with Crippen LogP contribution in [0.1, 0.15) is 167 Å². The third-order valence-electron chi connectivity index (χ3n) is 17.1. The molecule has 0 aromatic rings. The predicted octanol–water partition coefficient (Wildman–Crippen LogP) is -5.58. The van der Waals surface area contributed by atoms with E-state index in [2.05, 4.69) is 73.5 Å². The Morgan fingerprint density at radius 3 is 1.30 bits per heavy atom. The van der Waals surface area contributed by atoms with Crippen LogP contribution in [0.5, 0.6) is 0 Å². The number of nitrogens with one attached hydrogen (secondary N) is 11. The summed E-state index contributed by atoms with van der Waals surface area (Å²) in [7, 11) is 0. The zero-order valence-corrected chi connectivity index (χ0v) is 61.8. The first-order chi connectivity index (χ1) is 47.7. The summed E-state index contributed by atoms with van der Waals surface area (Å²) in [5.74, 6) is -13.1. The number of aliphatic hydroxyl groups is 1. The second-order valence-electron chi connectivity index (χ2n) is 27.5. The molecule has 0 radical (unpaired) electrons. The van der Waals surface area contributed by atoms with Crippen LogP contribution in [0, 0.1) is 35.5 Å². The highest BCUT2D eigenvalue weighted by Crippen LogP contribution is 2.21. The summed E-state index contributed by atoms with van der Waals surface area (Å²) in [4.78, 5) is 192. The van der Waals surface area contributed by atoms with Gasteiger partial charge in [-0.25, -0.2) is 0 Å². The zero-order chi connectivity index (χ0) is 77.8. The lowest BCUT2D eigenvalue weighted by molar-refractivity contribution is -0.142. The molecule has 1 aliphatic rings. The Bertz CT molecular complexity index is 2880. The third kappa shape index (κ3) is 33.5. The number of guanidine groups is 3. The first-order valence-corrected chi connectivity index (χ1v) is 35.1. The number of hydrogen-bond acceptors (Lipinski definition) is 18. The Morgan fingerprint density at radius 1 is 0.441 bits per heavy atom. The van der Waals surface area contributed by atoms with Crippen LogP contribution in [0.4, 0.5) is 0 Å². The summed E-state index contributed by atoms with van der Waals surface area (Å²) in [6.45, 7) is 21.0. The SMILES string of the molecule is CC[C@H](C)[C@H](N)C(=O)N[C@@H](CCCN=C(N)N)C(=O)N1CCC[C@H]1C(=O)NCC(=O)N[C@H](C(=O)N[C@H](C(=O)N[C@@H](CC(C)C)C(=O)N[C@@H](CCCN=C(N)N)C(=O)N[C@H](C(=O)N[C@@H](CCCN=C(N)N)C(=O)NCC(=O)N[C@@H](CC(C)C)C(=O)N[C@H](C(N)=O)C(C)C)[C@@H](C)CC)C(C)C)[C@@H](C)O. The minimum atomic E-state index is -1.70. The number of primary amides is 1. The van der Waals surface area contributed by atoms with E-state index in [0.717, 1.165) is 0 Å². The molecule has 28 N–H and O–H groups in total. The van der Waals surface area contributed by atoms with Gasteiger partial charge in [-0.1, -0.05) is 95.9 Å². The molecule has 13 amide bonds. The Labute approximate surface area is 598 Å². The average Bonchev–Trinajstić information content (AvgIpc) is 1.54. The molecule has 1 saturated heterocycles. The van der Waals surface area contributed by atoms with Crippen molar-refractivity contribution < 1.29 is 67.4 Å². The monoisotopic (exact) mass is 1450 g/mol. The first kappa shape index (κ1) is 90.9. The molecule has 0 saturated carbocycles. The second-order valence-corrected chi connectivity index (χ2v) is 27.5. The molecule has 0 spiro atoms. The van der Waals surface area contributed by atoms with Crippen LogP contribution in [0.3, 0.4) is 0 Å². The highest BCUT2D eigenvalue weighted by molar-refractivity contribution is 5.99. The molecular weight excluding hydrogens is 1330 g/mol. The van der Waals surface area contributed by atoms with Gasteiger partial charge in [0.1, 0.15) is 60.4 Å². The molecule has 1 rings (SSSR count). The first-order valence-electron chi connectivity index (χ1n) is 35.1. The number of nitrogens with zero attached hydrogens (tertiary/aromatic N) is 4. The van der Waals surface area contributed by atoms with Crippen molar-refractivity contribution in [3.8, 4) is 0 Å². The van der Waals surface area contributed by atoms with Gasteiger partial charge < -0.3 is 114 Å². The van der Waals surface area contributed by atoms with Gasteiger partial charge in [0.25, 0.3) is 0 Å². The fourth-order valence-corrected chi connectivity index (χ4v) is 10.8. The molecule has 14 atom stereocenters. The molecule has 0 unspecified atom stereocenters. The van der Waals surface area contributed by atoms with E-state index in [1.807, 2.05) is 20.8 Å².